The zero-order valence-corrected chi connectivity index (χ0v) is 7.97. The topological polar surface area (TPSA) is 20.3 Å². The molecule has 68 valence electrons. The van der Waals surface area contributed by atoms with Crippen LogP contribution >= 0.6 is 0 Å². The van der Waals surface area contributed by atoms with E-state index >= 15 is 0 Å². The predicted molar refractivity (Wildman–Crippen MR) is 49.5 cm³/mol. The third kappa shape index (κ3) is 1.68. The van der Waals surface area contributed by atoms with E-state index in [2.05, 4.69) is 6.58 Å². The Morgan fingerprint density at radius 2 is 2.17 bits per heavy atom. The van der Waals surface area contributed by atoms with Crippen LogP contribution in [0.4, 0.5) is 0 Å². The quantitative estimate of drug-likeness (QED) is 0.586. The zero-order chi connectivity index (χ0) is 9.19. The largest absolute Gasteiger partial charge is 0.319 e. The monoisotopic (exact) mass is 167 g/mol. The summed E-state index contributed by atoms with van der Waals surface area (Å²) in [6.07, 6.45) is 4.88. The minimum absolute atomic E-state index is 0.190. The molecule has 12 heavy (non-hydrogen) atoms. The van der Waals surface area contributed by atoms with Crippen LogP contribution in [0.3, 0.4) is 0 Å². The molecule has 0 aliphatic carbocycles. The Labute approximate surface area is 74.2 Å². The van der Waals surface area contributed by atoms with Crippen molar-refractivity contribution < 1.29 is 4.79 Å². The van der Waals surface area contributed by atoms with Gasteiger partial charge in [0.2, 0.25) is 5.91 Å². The molecule has 1 aliphatic rings. The lowest BCUT2D eigenvalue weighted by molar-refractivity contribution is -0.136. The van der Waals surface area contributed by atoms with Crippen LogP contribution in [0.2, 0.25) is 0 Å². The summed E-state index contributed by atoms with van der Waals surface area (Å²) in [5, 5.41) is 0. The maximum Gasteiger partial charge on any atom is 0.232 e. The summed E-state index contributed by atoms with van der Waals surface area (Å²) in [5.74, 6) is 0.218. The van der Waals surface area contributed by atoms with E-state index in [0.717, 1.165) is 25.8 Å². The Kier molecular flexibility index (Phi) is 2.55. The third-order valence-corrected chi connectivity index (χ3v) is 2.51. The van der Waals surface area contributed by atoms with Crippen molar-refractivity contribution in [1.29, 1.82) is 0 Å². The molecule has 0 N–H and O–H groups in total. The van der Waals surface area contributed by atoms with E-state index in [1.165, 1.54) is 0 Å². The van der Waals surface area contributed by atoms with Gasteiger partial charge in [-0.05, 0) is 19.0 Å². The first kappa shape index (κ1) is 9.30. The molecule has 0 aromatic heterocycles. The highest BCUT2D eigenvalue weighted by molar-refractivity contribution is 5.82. The third-order valence-electron chi connectivity index (χ3n) is 2.51. The summed E-state index contributed by atoms with van der Waals surface area (Å²) in [4.78, 5) is 13.5. The Morgan fingerprint density at radius 3 is 2.75 bits per heavy atom. The molecular formula is C10H17NO. The van der Waals surface area contributed by atoms with E-state index in [9.17, 15) is 4.79 Å². The molecule has 1 saturated heterocycles. The minimum Gasteiger partial charge on any atom is -0.319 e. The Bertz CT molecular complexity index is 196. The van der Waals surface area contributed by atoms with Crippen molar-refractivity contribution in [2.24, 2.45) is 5.41 Å². The van der Waals surface area contributed by atoms with E-state index < -0.39 is 0 Å². The lowest BCUT2D eigenvalue weighted by Gasteiger charge is -2.25. The maximum atomic E-state index is 11.8. The second kappa shape index (κ2) is 3.30. The summed E-state index contributed by atoms with van der Waals surface area (Å²) in [7, 11) is 0. The van der Waals surface area contributed by atoms with Crippen molar-refractivity contribution in [2.45, 2.75) is 33.1 Å². The van der Waals surface area contributed by atoms with Crippen molar-refractivity contribution in [1.82, 2.24) is 4.90 Å². The number of carbonyl (C=O) groups excluding carboxylic acids is 1. The van der Waals surface area contributed by atoms with Crippen LogP contribution in [-0.2, 0) is 4.79 Å². The van der Waals surface area contributed by atoms with Gasteiger partial charge in [0.05, 0.1) is 0 Å². The lowest BCUT2D eigenvalue weighted by atomic mass is 9.87. The van der Waals surface area contributed by atoms with E-state index in [-0.39, 0.29) is 11.3 Å². The zero-order valence-electron chi connectivity index (χ0n) is 7.97. The van der Waals surface area contributed by atoms with Crippen LogP contribution in [0.15, 0.2) is 12.8 Å². The van der Waals surface area contributed by atoms with E-state index in [1.54, 1.807) is 11.1 Å². The molecule has 0 aromatic rings. The molecule has 0 radical (unpaired) electrons. The number of hydrogen-bond donors (Lipinski definition) is 0. The second-order valence-electron chi connectivity index (χ2n) is 4.02. The number of likely N-dealkylation sites (tertiary alicyclic amines) is 1. The van der Waals surface area contributed by atoms with Crippen molar-refractivity contribution in [2.75, 3.05) is 6.54 Å². The van der Waals surface area contributed by atoms with E-state index in [4.69, 9.17) is 0 Å². The van der Waals surface area contributed by atoms with Gasteiger partial charge in [-0.15, -0.1) is 0 Å². The number of hydrogen-bond acceptors (Lipinski definition) is 1. The van der Waals surface area contributed by atoms with Crippen molar-refractivity contribution in [3.05, 3.63) is 12.8 Å². The molecule has 0 bridgehead atoms. The minimum atomic E-state index is -0.190. The smallest absolute Gasteiger partial charge is 0.232 e. The highest BCUT2D eigenvalue weighted by Gasteiger charge is 2.32. The summed E-state index contributed by atoms with van der Waals surface area (Å²) in [5.41, 5.74) is -0.190. The van der Waals surface area contributed by atoms with Crippen molar-refractivity contribution in [3.8, 4) is 0 Å². The number of carbonyl (C=O) groups is 1. The summed E-state index contributed by atoms with van der Waals surface area (Å²) in [6.45, 7) is 8.51. The van der Waals surface area contributed by atoms with Gasteiger partial charge in [0.15, 0.2) is 0 Å². The highest BCUT2D eigenvalue weighted by Crippen LogP contribution is 2.29. The van der Waals surface area contributed by atoms with Crippen LogP contribution in [0.25, 0.3) is 0 Å². The first-order chi connectivity index (χ1) is 5.58. The first-order valence-corrected chi connectivity index (χ1v) is 4.51. The standard InChI is InChI=1S/C10H17NO/c1-4-11-8-6-5-7-10(2,3)9(11)12/h4H,1,5-8H2,2-3H3. The molecule has 0 atom stereocenters. The van der Waals surface area contributed by atoms with Crippen LogP contribution in [0.5, 0.6) is 0 Å². The first-order valence-electron chi connectivity index (χ1n) is 4.51. The van der Waals surface area contributed by atoms with Gasteiger partial charge in [-0.2, -0.15) is 0 Å². The molecule has 1 rings (SSSR count). The fourth-order valence-corrected chi connectivity index (χ4v) is 1.62. The Balaban J connectivity index is 2.80. The molecule has 0 spiro atoms. The Hall–Kier alpha value is -0.790. The van der Waals surface area contributed by atoms with Crippen LogP contribution in [0, 0.1) is 5.41 Å². The molecular weight excluding hydrogens is 150 g/mol. The molecule has 1 amide bonds. The summed E-state index contributed by atoms with van der Waals surface area (Å²) >= 11 is 0. The average Bonchev–Trinajstić information content (AvgIpc) is 2.14. The molecule has 0 aromatic carbocycles. The normalized spacial score (nSPS) is 23.5. The van der Waals surface area contributed by atoms with Gasteiger partial charge in [-0.3, -0.25) is 4.79 Å². The molecule has 1 heterocycles. The van der Waals surface area contributed by atoms with Gasteiger partial charge in [0, 0.05) is 12.0 Å². The number of amides is 1. The molecule has 1 aliphatic heterocycles. The molecule has 0 saturated carbocycles. The molecule has 1 fully saturated rings. The molecule has 2 nitrogen and oxygen atoms in total. The SMILES string of the molecule is C=CN1CCCCC(C)(C)C1=O. The lowest BCUT2D eigenvalue weighted by Crippen LogP contribution is -2.35. The van der Waals surface area contributed by atoms with Gasteiger partial charge in [0.1, 0.15) is 0 Å². The van der Waals surface area contributed by atoms with Crippen LogP contribution in [0.1, 0.15) is 33.1 Å². The van der Waals surface area contributed by atoms with Gasteiger partial charge in [-0.25, -0.2) is 0 Å². The fraction of sp³-hybridized carbons (Fsp3) is 0.700. The average molecular weight is 167 g/mol. The highest BCUT2D eigenvalue weighted by atomic mass is 16.2. The molecule has 0 unspecified atom stereocenters. The van der Waals surface area contributed by atoms with Gasteiger partial charge in [-0.1, -0.05) is 26.8 Å². The van der Waals surface area contributed by atoms with Gasteiger partial charge >= 0.3 is 0 Å². The van der Waals surface area contributed by atoms with Crippen molar-refractivity contribution in [3.63, 3.8) is 0 Å². The van der Waals surface area contributed by atoms with Crippen molar-refractivity contribution >= 4 is 5.91 Å². The maximum absolute atomic E-state index is 11.8. The number of nitrogens with zero attached hydrogens (tertiary/aromatic N) is 1. The van der Waals surface area contributed by atoms with Gasteiger partial charge < -0.3 is 4.90 Å². The molecule has 2 heteroatoms. The van der Waals surface area contributed by atoms with Crippen LogP contribution < -0.4 is 0 Å². The van der Waals surface area contributed by atoms with Crippen LogP contribution in [-0.4, -0.2) is 17.4 Å². The van der Waals surface area contributed by atoms with E-state index in [1.807, 2.05) is 13.8 Å². The Morgan fingerprint density at radius 1 is 1.50 bits per heavy atom. The fourth-order valence-electron chi connectivity index (χ4n) is 1.62. The number of rotatable bonds is 1. The van der Waals surface area contributed by atoms with E-state index in [0.29, 0.717) is 0 Å². The summed E-state index contributed by atoms with van der Waals surface area (Å²) in [6, 6.07) is 0. The predicted octanol–water partition coefficient (Wildman–Crippen LogP) is 2.17. The second-order valence-corrected chi connectivity index (χ2v) is 4.02. The summed E-state index contributed by atoms with van der Waals surface area (Å²) < 4.78 is 0. The van der Waals surface area contributed by atoms with Gasteiger partial charge in [0.25, 0.3) is 0 Å².